The second-order valence-corrected chi connectivity index (χ2v) is 5.27. The Kier molecular flexibility index (Phi) is 4.43. The molecule has 1 fully saturated rings. The van der Waals surface area contributed by atoms with Gasteiger partial charge in [0.2, 0.25) is 5.69 Å². The fourth-order valence-electron chi connectivity index (χ4n) is 2.81. The number of carboxylic acid groups (broad SMARTS) is 1. The van der Waals surface area contributed by atoms with E-state index in [1.807, 2.05) is 6.92 Å². The lowest BCUT2D eigenvalue weighted by Crippen LogP contribution is -2.41. The maximum atomic E-state index is 12.6. The molecule has 1 saturated heterocycles. The van der Waals surface area contributed by atoms with Gasteiger partial charge < -0.3 is 10.0 Å². The Hall–Kier alpha value is -2.45. The molecule has 0 bridgehead atoms. The van der Waals surface area contributed by atoms with E-state index >= 15 is 0 Å². The fourth-order valence-corrected chi connectivity index (χ4v) is 2.81. The van der Waals surface area contributed by atoms with Crippen LogP contribution < -0.4 is 0 Å². The van der Waals surface area contributed by atoms with Crippen molar-refractivity contribution in [2.75, 3.05) is 6.54 Å². The number of aryl methyl sites for hydroxylation is 2. The third kappa shape index (κ3) is 2.66. The third-order valence-electron chi connectivity index (χ3n) is 3.76. The number of likely N-dealkylation sites (tertiary alicyclic amines) is 1. The molecule has 1 atom stereocenters. The normalized spacial score (nSPS) is 17.7. The number of nitrogens with zero attached hydrogens (tertiary/aromatic N) is 4. The number of carbonyl (C=O) groups excluding carboxylic acids is 1. The number of carbonyl (C=O) groups is 2. The maximum Gasteiger partial charge on any atom is 0.326 e. The molecule has 1 amide bonds. The summed E-state index contributed by atoms with van der Waals surface area (Å²) in [5.74, 6) is -1.74. The van der Waals surface area contributed by atoms with Crippen LogP contribution in [-0.4, -0.2) is 49.2 Å². The molecule has 0 saturated carbocycles. The van der Waals surface area contributed by atoms with Gasteiger partial charge in [-0.15, -0.1) is 0 Å². The number of amides is 1. The van der Waals surface area contributed by atoms with Crippen LogP contribution in [0.25, 0.3) is 0 Å². The van der Waals surface area contributed by atoms with Crippen LogP contribution in [0.2, 0.25) is 0 Å². The molecule has 120 valence electrons. The highest BCUT2D eigenvalue weighted by molar-refractivity contribution is 5.99. The first-order valence-corrected chi connectivity index (χ1v) is 7.12. The molecular weight excluding hydrogens is 292 g/mol. The van der Waals surface area contributed by atoms with E-state index in [4.69, 9.17) is 5.11 Å². The van der Waals surface area contributed by atoms with Crippen molar-refractivity contribution in [3.05, 3.63) is 21.5 Å². The van der Waals surface area contributed by atoms with Gasteiger partial charge in [-0.1, -0.05) is 13.3 Å². The summed E-state index contributed by atoms with van der Waals surface area (Å²) in [7, 11) is 1.46. The molecule has 1 aliphatic rings. The predicted molar refractivity (Wildman–Crippen MR) is 75.6 cm³/mol. The molecular formula is C13H18N4O5. The van der Waals surface area contributed by atoms with Gasteiger partial charge in [0.1, 0.15) is 11.7 Å². The number of hydrogen-bond acceptors (Lipinski definition) is 5. The Morgan fingerprint density at radius 1 is 1.50 bits per heavy atom. The van der Waals surface area contributed by atoms with Gasteiger partial charge in [-0.05, 0) is 19.3 Å². The van der Waals surface area contributed by atoms with E-state index in [0.717, 1.165) is 0 Å². The van der Waals surface area contributed by atoms with Gasteiger partial charge in [0, 0.05) is 13.6 Å². The Morgan fingerprint density at radius 3 is 2.73 bits per heavy atom. The minimum atomic E-state index is -1.09. The summed E-state index contributed by atoms with van der Waals surface area (Å²) in [5.41, 5.74) is -0.212. The SMILES string of the molecule is CCCc1nn(C)c(C(=O)N2CCCC2C(=O)O)c1[N+](=O)[O-]. The number of rotatable bonds is 5. The average molecular weight is 310 g/mol. The van der Waals surface area contributed by atoms with E-state index < -0.39 is 22.8 Å². The van der Waals surface area contributed by atoms with Crippen molar-refractivity contribution in [3.63, 3.8) is 0 Å². The first-order valence-electron chi connectivity index (χ1n) is 7.12. The summed E-state index contributed by atoms with van der Waals surface area (Å²) in [5, 5.41) is 24.6. The standard InChI is InChI=1S/C13H18N4O5/c1-3-5-8-10(17(21)22)11(15(2)14-8)12(18)16-7-4-6-9(16)13(19)20/h9H,3-7H2,1-2H3,(H,19,20). The van der Waals surface area contributed by atoms with E-state index in [-0.39, 0.29) is 23.6 Å². The topological polar surface area (TPSA) is 119 Å². The van der Waals surface area contributed by atoms with Crippen LogP contribution in [-0.2, 0) is 18.3 Å². The van der Waals surface area contributed by atoms with E-state index in [1.165, 1.54) is 16.6 Å². The van der Waals surface area contributed by atoms with Gasteiger partial charge in [0.05, 0.1) is 4.92 Å². The van der Waals surface area contributed by atoms with Crippen LogP contribution >= 0.6 is 0 Å². The minimum absolute atomic E-state index is 0.151. The van der Waals surface area contributed by atoms with Gasteiger partial charge in [-0.3, -0.25) is 19.6 Å². The Labute approximate surface area is 126 Å². The second kappa shape index (κ2) is 6.12. The number of aliphatic carboxylic acids is 1. The first kappa shape index (κ1) is 15.9. The molecule has 1 aromatic rings. The molecule has 1 aliphatic heterocycles. The van der Waals surface area contributed by atoms with Gasteiger partial charge in [0.25, 0.3) is 5.91 Å². The van der Waals surface area contributed by atoms with Gasteiger partial charge in [0.15, 0.2) is 0 Å². The van der Waals surface area contributed by atoms with Crippen molar-refractivity contribution in [1.29, 1.82) is 0 Å². The Morgan fingerprint density at radius 2 is 2.18 bits per heavy atom. The van der Waals surface area contributed by atoms with Gasteiger partial charge in [-0.25, -0.2) is 4.79 Å². The largest absolute Gasteiger partial charge is 0.480 e. The predicted octanol–water partition coefficient (Wildman–Crippen LogP) is 0.970. The Bertz CT molecular complexity index is 624. The van der Waals surface area contributed by atoms with Crippen molar-refractivity contribution in [1.82, 2.24) is 14.7 Å². The molecule has 2 heterocycles. The fraction of sp³-hybridized carbons (Fsp3) is 0.615. The quantitative estimate of drug-likeness (QED) is 0.639. The number of carboxylic acids is 1. The lowest BCUT2D eigenvalue weighted by atomic mass is 10.2. The molecule has 0 aliphatic carbocycles. The number of aromatic nitrogens is 2. The van der Waals surface area contributed by atoms with Crippen molar-refractivity contribution >= 4 is 17.6 Å². The summed E-state index contributed by atoms with van der Waals surface area (Å²) >= 11 is 0. The van der Waals surface area contributed by atoms with Gasteiger partial charge >= 0.3 is 11.7 Å². The van der Waals surface area contributed by atoms with E-state index in [2.05, 4.69) is 5.10 Å². The van der Waals surface area contributed by atoms with Crippen molar-refractivity contribution in [3.8, 4) is 0 Å². The second-order valence-electron chi connectivity index (χ2n) is 5.27. The summed E-state index contributed by atoms with van der Waals surface area (Å²) in [6, 6.07) is -0.934. The number of hydrogen-bond donors (Lipinski definition) is 1. The first-order chi connectivity index (χ1) is 10.4. The monoisotopic (exact) mass is 310 g/mol. The third-order valence-corrected chi connectivity index (χ3v) is 3.76. The van der Waals surface area contributed by atoms with E-state index in [1.54, 1.807) is 0 Å². The Balaban J connectivity index is 2.45. The van der Waals surface area contributed by atoms with Crippen molar-refractivity contribution in [2.24, 2.45) is 7.05 Å². The van der Waals surface area contributed by atoms with Crippen LogP contribution in [0.5, 0.6) is 0 Å². The molecule has 2 rings (SSSR count). The molecule has 9 nitrogen and oxygen atoms in total. The van der Waals surface area contributed by atoms with Gasteiger partial charge in [-0.2, -0.15) is 5.10 Å². The lowest BCUT2D eigenvalue weighted by Gasteiger charge is -2.20. The minimum Gasteiger partial charge on any atom is -0.480 e. The molecule has 22 heavy (non-hydrogen) atoms. The molecule has 0 radical (unpaired) electrons. The van der Waals surface area contributed by atoms with Crippen LogP contribution in [0.1, 0.15) is 42.4 Å². The van der Waals surface area contributed by atoms with Crippen LogP contribution in [0.4, 0.5) is 5.69 Å². The molecule has 0 aromatic carbocycles. The number of nitro groups is 1. The molecule has 0 spiro atoms. The summed E-state index contributed by atoms with van der Waals surface area (Å²) in [4.78, 5) is 35.7. The van der Waals surface area contributed by atoms with Crippen LogP contribution in [0.3, 0.4) is 0 Å². The summed E-state index contributed by atoms with van der Waals surface area (Å²) in [6.07, 6.45) is 1.97. The molecule has 1 unspecified atom stereocenters. The zero-order valence-electron chi connectivity index (χ0n) is 12.5. The van der Waals surface area contributed by atoms with E-state index in [9.17, 15) is 19.7 Å². The summed E-state index contributed by atoms with van der Waals surface area (Å²) in [6.45, 7) is 2.14. The zero-order chi connectivity index (χ0) is 16.4. The highest BCUT2D eigenvalue weighted by Gasteiger charge is 2.40. The van der Waals surface area contributed by atoms with Crippen molar-refractivity contribution < 1.29 is 19.6 Å². The smallest absolute Gasteiger partial charge is 0.326 e. The highest BCUT2D eigenvalue weighted by atomic mass is 16.6. The summed E-state index contributed by atoms with van der Waals surface area (Å²) < 4.78 is 1.18. The highest BCUT2D eigenvalue weighted by Crippen LogP contribution is 2.28. The maximum absolute atomic E-state index is 12.6. The zero-order valence-corrected chi connectivity index (χ0v) is 12.5. The average Bonchev–Trinajstić information content (AvgIpc) is 3.03. The van der Waals surface area contributed by atoms with Crippen LogP contribution in [0.15, 0.2) is 0 Å². The van der Waals surface area contributed by atoms with Crippen molar-refractivity contribution in [2.45, 2.75) is 38.6 Å². The molecule has 9 heteroatoms. The molecule has 1 aromatic heterocycles. The van der Waals surface area contributed by atoms with E-state index in [0.29, 0.717) is 25.7 Å². The molecule has 1 N–H and O–H groups in total. The van der Waals surface area contributed by atoms with Crippen LogP contribution in [0, 0.1) is 10.1 Å². The lowest BCUT2D eigenvalue weighted by molar-refractivity contribution is -0.385.